The zero-order chi connectivity index (χ0) is 14.4. The van der Waals surface area contributed by atoms with Gasteiger partial charge in [0.2, 0.25) is 0 Å². The summed E-state index contributed by atoms with van der Waals surface area (Å²) in [5.41, 5.74) is 2.36. The maximum absolute atomic E-state index is 6.21. The van der Waals surface area contributed by atoms with E-state index in [0.717, 1.165) is 11.5 Å². The van der Waals surface area contributed by atoms with Crippen molar-refractivity contribution in [3.63, 3.8) is 0 Å². The van der Waals surface area contributed by atoms with Crippen LogP contribution in [0.3, 0.4) is 0 Å². The normalized spacial score (nSPS) is 19.1. The van der Waals surface area contributed by atoms with Crippen LogP contribution < -0.4 is 18.4 Å². The summed E-state index contributed by atoms with van der Waals surface area (Å²) >= 11 is -2.71. The van der Waals surface area contributed by atoms with Crippen LogP contribution in [0.5, 0.6) is 11.5 Å². The Morgan fingerprint density at radius 2 is 1.29 bits per heavy atom. The first-order valence-corrected chi connectivity index (χ1v) is 9.84. The Kier molecular flexibility index (Phi) is 2.98. The number of hydrogen-bond donors (Lipinski definition) is 0. The third-order valence-electron chi connectivity index (χ3n) is 3.88. The Morgan fingerprint density at radius 3 is 1.71 bits per heavy atom. The summed E-state index contributed by atoms with van der Waals surface area (Å²) in [6.07, 6.45) is 0. The molecule has 0 amide bonds. The van der Waals surface area contributed by atoms with Gasteiger partial charge in [-0.2, -0.15) is 0 Å². The molecule has 0 bridgehead atoms. The molecule has 0 aliphatic carbocycles. The fourth-order valence-corrected chi connectivity index (χ4v) is 8.73. The maximum atomic E-state index is 6.21. The van der Waals surface area contributed by atoms with Crippen molar-refractivity contribution in [2.24, 2.45) is 0 Å². The molecule has 4 rings (SSSR count). The second-order valence-electron chi connectivity index (χ2n) is 4.98. The molecular formula is C16H16O4Se. The molecule has 110 valence electrons. The molecule has 2 aromatic rings. The van der Waals surface area contributed by atoms with Gasteiger partial charge in [0, 0.05) is 0 Å². The van der Waals surface area contributed by atoms with Gasteiger partial charge in [0.15, 0.2) is 0 Å². The van der Waals surface area contributed by atoms with Crippen LogP contribution in [0.1, 0.15) is 11.1 Å². The fraction of sp³-hybridized carbons (Fsp3) is 0.250. The van der Waals surface area contributed by atoms with Gasteiger partial charge in [0.1, 0.15) is 0 Å². The fourth-order valence-electron chi connectivity index (χ4n) is 2.81. The minimum absolute atomic E-state index is 0.595. The van der Waals surface area contributed by atoms with Crippen LogP contribution in [0.2, 0.25) is 0 Å². The van der Waals surface area contributed by atoms with E-state index in [1.165, 1.54) is 20.1 Å². The van der Waals surface area contributed by atoms with Crippen LogP contribution in [0.25, 0.3) is 0 Å². The molecule has 21 heavy (non-hydrogen) atoms. The van der Waals surface area contributed by atoms with E-state index >= 15 is 0 Å². The topological polar surface area (TPSA) is 36.9 Å². The van der Waals surface area contributed by atoms with Crippen LogP contribution in [-0.4, -0.2) is 27.7 Å². The first kappa shape index (κ1) is 13.2. The Hall–Kier alpha value is -1.52. The number of benzene rings is 2. The molecule has 2 aromatic carbocycles. The molecule has 0 saturated carbocycles. The molecule has 0 fully saturated rings. The molecule has 2 heterocycles. The van der Waals surface area contributed by atoms with E-state index in [-0.39, 0.29) is 0 Å². The summed E-state index contributed by atoms with van der Waals surface area (Å²) in [4.78, 5) is 0. The molecule has 1 spiro atoms. The zero-order valence-electron chi connectivity index (χ0n) is 11.9. The van der Waals surface area contributed by atoms with E-state index in [4.69, 9.17) is 17.1 Å². The average Bonchev–Trinajstić information content (AvgIpc) is 3.09. The van der Waals surface area contributed by atoms with Gasteiger partial charge in [-0.25, -0.2) is 0 Å². The monoisotopic (exact) mass is 352 g/mol. The molecule has 2 aliphatic heterocycles. The van der Waals surface area contributed by atoms with Crippen LogP contribution in [0, 0.1) is 0 Å². The van der Waals surface area contributed by atoms with Crippen LogP contribution in [0.4, 0.5) is 0 Å². The first-order valence-electron chi connectivity index (χ1n) is 6.73. The van der Waals surface area contributed by atoms with Crippen LogP contribution in [0.15, 0.2) is 36.4 Å². The first-order chi connectivity index (χ1) is 10.3. The Balaban J connectivity index is 1.84. The van der Waals surface area contributed by atoms with Gasteiger partial charge in [-0.05, 0) is 0 Å². The van der Waals surface area contributed by atoms with Crippen molar-refractivity contribution in [2.75, 3.05) is 14.2 Å². The van der Waals surface area contributed by atoms with Gasteiger partial charge in [0.05, 0.1) is 0 Å². The molecule has 0 N–H and O–H groups in total. The van der Waals surface area contributed by atoms with E-state index in [0.29, 0.717) is 13.2 Å². The van der Waals surface area contributed by atoms with Crippen LogP contribution >= 0.6 is 0 Å². The van der Waals surface area contributed by atoms with E-state index in [2.05, 4.69) is 12.1 Å². The van der Waals surface area contributed by atoms with Crippen molar-refractivity contribution in [1.29, 1.82) is 0 Å². The van der Waals surface area contributed by atoms with E-state index in [1.807, 2.05) is 24.3 Å². The van der Waals surface area contributed by atoms with Crippen molar-refractivity contribution >= 4 is 22.4 Å². The molecule has 4 nitrogen and oxygen atoms in total. The van der Waals surface area contributed by atoms with Gasteiger partial charge in [-0.15, -0.1) is 0 Å². The SMILES string of the molecule is COc1ccc2c(c1)CO[Se]21OCc2cc(OC)ccc21. The molecule has 0 saturated heterocycles. The number of rotatable bonds is 2. The summed E-state index contributed by atoms with van der Waals surface area (Å²) in [5, 5.41) is 0. The molecule has 0 unspecified atom stereocenters. The second kappa shape index (κ2) is 4.75. The Morgan fingerprint density at radius 1 is 0.810 bits per heavy atom. The van der Waals surface area contributed by atoms with E-state index in [1.54, 1.807) is 14.2 Å². The summed E-state index contributed by atoms with van der Waals surface area (Å²) in [7, 11) is 3.36. The standard InChI is InChI=1S/C16H16O4Se/c1-17-13-3-5-15-11(7-13)9-19-21(15)16-6-4-14(18-2)8-12(16)10-20-21/h3-8H,9-10H2,1-2H3. The van der Waals surface area contributed by atoms with Crippen molar-refractivity contribution in [2.45, 2.75) is 13.2 Å². The average molecular weight is 351 g/mol. The van der Waals surface area contributed by atoms with Crippen molar-refractivity contribution < 1.29 is 17.1 Å². The molecule has 2 aliphatic rings. The van der Waals surface area contributed by atoms with Gasteiger partial charge < -0.3 is 0 Å². The summed E-state index contributed by atoms with van der Waals surface area (Å²) in [5.74, 6) is 1.72. The number of methoxy groups -OCH3 is 2. The molecule has 0 radical (unpaired) electrons. The van der Waals surface area contributed by atoms with Crippen molar-refractivity contribution in [1.82, 2.24) is 0 Å². The second-order valence-corrected chi connectivity index (χ2v) is 9.92. The molecule has 0 aromatic heterocycles. The zero-order valence-corrected chi connectivity index (χ0v) is 13.6. The third-order valence-corrected chi connectivity index (χ3v) is 9.86. The van der Waals surface area contributed by atoms with Crippen LogP contribution in [-0.2, 0) is 20.9 Å². The minimum atomic E-state index is -2.71. The van der Waals surface area contributed by atoms with Gasteiger partial charge in [0.25, 0.3) is 0 Å². The summed E-state index contributed by atoms with van der Waals surface area (Å²) < 4.78 is 25.4. The molecule has 5 heteroatoms. The molecular weight excluding hydrogens is 335 g/mol. The predicted molar refractivity (Wildman–Crippen MR) is 80.6 cm³/mol. The Bertz CT molecular complexity index is 652. The molecule has 0 atom stereocenters. The summed E-state index contributed by atoms with van der Waals surface area (Å²) in [6, 6.07) is 12.3. The number of hydrogen-bond acceptors (Lipinski definition) is 4. The summed E-state index contributed by atoms with van der Waals surface area (Å²) in [6.45, 7) is 1.19. The van der Waals surface area contributed by atoms with Gasteiger partial charge in [-0.3, -0.25) is 0 Å². The third kappa shape index (κ3) is 1.82. The number of fused-ring (bicyclic) bond motifs is 4. The quantitative estimate of drug-likeness (QED) is 0.765. The van der Waals surface area contributed by atoms with E-state index in [9.17, 15) is 0 Å². The van der Waals surface area contributed by atoms with Gasteiger partial charge >= 0.3 is 126 Å². The van der Waals surface area contributed by atoms with Crippen molar-refractivity contribution in [3.8, 4) is 11.5 Å². The predicted octanol–water partition coefficient (Wildman–Crippen LogP) is 1.32. The van der Waals surface area contributed by atoms with E-state index < -0.39 is 13.5 Å². The Labute approximate surface area is 126 Å². The van der Waals surface area contributed by atoms with Gasteiger partial charge in [-0.1, -0.05) is 0 Å². The number of ether oxygens (including phenoxy) is 2. The van der Waals surface area contributed by atoms with Crippen molar-refractivity contribution in [3.05, 3.63) is 47.5 Å².